The van der Waals surface area contributed by atoms with E-state index in [1.165, 1.54) is 6.20 Å². The standard InChI is InChI=1S/C11H16N2O7P2/c12-10(11(14,21(15,16)17)22(18,19)20)5-7-6-13-9-4-2-1-3-8(7)9/h1-4,6,10,13-14H,5,12H2,(H2,15,16,17)(H2,18,19,20)/t10-/m0/s1. The maximum Gasteiger partial charge on any atom is 0.371 e. The molecule has 1 aromatic heterocycles. The maximum absolute atomic E-state index is 11.4. The van der Waals surface area contributed by atoms with Gasteiger partial charge < -0.3 is 35.4 Å². The lowest BCUT2D eigenvalue weighted by molar-refractivity contribution is 0.108. The molecule has 2 aromatic rings. The largest absolute Gasteiger partial charge is 0.371 e. The van der Waals surface area contributed by atoms with Crippen molar-refractivity contribution in [3.05, 3.63) is 36.0 Å². The van der Waals surface area contributed by atoms with E-state index in [-0.39, 0.29) is 6.42 Å². The van der Waals surface area contributed by atoms with Crippen molar-refractivity contribution < 1.29 is 33.8 Å². The molecule has 0 bridgehead atoms. The van der Waals surface area contributed by atoms with Crippen LogP contribution in [0.5, 0.6) is 0 Å². The van der Waals surface area contributed by atoms with Crippen molar-refractivity contribution in [1.29, 1.82) is 0 Å². The van der Waals surface area contributed by atoms with Crippen LogP contribution in [-0.4, -0.2) is 40.8 Å². The highest BCUT2D eigenvalue weighted by molar-refractivity contribution is 7.72. The number of hydrogen-bond donors (Lipinski definition) is 7. The molecule has 0 saturated heterocycles. The third-order valence-corrected chi connectivity index (χ3v) is 7.41. The molecule has 22 heavy (non-hydrogen) atoms. The second kappa shape index (κ2) is 5.56. The molecule has 1 heterocycles. The summed E-state index contributed by atoms with van der Waals surface area (Å²) in [5.41, 5.74) is 6.76. The normalized spacial score (nSPS) is 15.2. The number of hydrogen-bond acceptors (Lipinski definition) is 4. The van der Waals surface area contributed by atoms with Crippen molar-refractivity contribution in [3.63, 3.8) is 0 Å². The second-order valence-corrected chi connectivity index (χ2v) is 8.84. The highest BCUT2D eigenvalue weighted by Crippen LogP contribution is 2.68. The van der Waals surface area contributed by atoms with Gasteiger partial charge in [0.2, 0.25) is 0 Å². The van der Waals surface area contributed by atoms with Crippen LogP contribution in [0.1, 0.15) is 5.56 Å². The second-order valence-electron chi connectivity index (χ2n) is 4.95. The third kappa shape index (κ3) is 2.78. The maximum atomic E-state index is 11.4. The first-order valence-electron chi connectivity index (χ1n) is 6.12. The summed E-state index contributed by atoms with van der Waals surface area (Å²) in [7, 11) is -11.2. The van der Waals surface area contributed by atoms with Crippen LogP contribution >= 0.6 is 15.2 Å². The average molecular weight is 350 g/mol. The Balaban J connectivity index is 2.44. The Bertz CT molecular complexity index is 756. The molecule has 0 aliphatic carbocycles. The van der Waals surface area contributed by atoms with Gasteiger partial charge in [-0.1, -0.05) is 18.2 Å². The van der Waals surface area contributed by atoms with Crippen LogP contribution in [0.4, 0.5) is 0 Å². The molecule has 1 atom stereocenters. The van der Waals surface area contributed by atoms with Crippen LogP contribution < -0.4 is 5.73 Å². The lowest BCUT2D eigenvalue weighted by atomic mass is 10.1. The minimum Gasteiger partial charge on any atom is -0.366 e. The average Bonchev–Trinajstić information content (AvgIpc) is 2.78. The van der Waals surface area contributed by atoms with Gasteiger partial charge in [-0.3, -0.25) is 9.13 Å². The van der Waals surface area contributed by atoms with Gasteiger partial charge in [0.15, 0.2) is 0 Å². The van der Waals surface area contributed by atoms with Gasteiger partial charge in [0.25, 0.3) is 5.08 Å². The molecule has 0 spiro atoms. The number of aromatic nitrogens is 1. The monoisotopic (exact) mass is 350 g/mol. The number of aliphatic hydroxyl groups is 1. The van der Waals surface area contributed by atoms with E-state index in [2.05, 4.69) is 4.98 Å². The Morgan fingerprint density at radius 1 is 1.14 bits per heavy atom. The number of para-hydroxylation sites is 1. The van der Waals surface area contributed by atoms with Crippen molar-refractivity contribution >= 4 is 26.1 Å². The van der Waals surface area contributed by atoms with Crippen molar-refractivity contribution in [1.82, 2.24) is 4.98 Å². The van der Waals surface area contributed by atoms with E-state index in [0.717, 1.165) is 5.52 Å². The molecule has 0 fully saturated rings. The molecular formula is C11H16N2O7P2. The molecule has 0 saturated carbocycles. The van der Waals surface area contributed by atoms with Crippen LogP contribution in [0.15, 0.2) is 30.5 Å². The molecular weight excluding hydrogens is 334 g/mol. The van der Waals surface area contributed by atoms with E-state index in [0.29, 0.717) is 10.9 Å². The first-order valence-corrected chi connectivity index (χ1v) is 9.35. The van der Waals surface area contributed by atoms with E-state index in [9.17, 15) is 14.2 Å². The fourth-order valence-corrected chi connectivity index (χ4v) is 4.68. The number of nitrogens with two attached hydrogens (primary N) is 1. The van der Waals surface area contributed by atoms with Crippen LogP contribution in [0.3, 0.4) is 0 Å². The zero-order valence-electron chi connectivity index (χ0n) is 11.2. The van der Waals surface area contributed by atoms with Crippen molar-refractivity contribution in [2.75, 3.05) is 0 Å². The molecule has 1 aromatic carbocycles. The van der Waals surface area contributed by atoms with Gasteiger partial charge in [-0.2, -0.15) is 0 Å². The molecule has 0 aliphatic rings. The van der Waals surface area contributed by atoms with E-state index in [1.807, 2.05) is 0 Å². The van der Waals surface area contributed by atoms with Crippen LogP contribution in [0, 0.1) is 0 Å². The fraction of sp³-hybridized carbons (Fsp3) is 0.273. The Labute approximate surface area is 125 Å². The molecule has 122 valence electrons. The first-order chi connectivity index (χ1) is 9.98. The molecule has 2 rings (SSSR count). The molecule has 8 N–H and O–H groups in total. The summed E-state index contributed by atoms with van der Waals surface area (Å²) in [4.78, 5) is 39.6. The number of rotatable bonds is 5. The lowest BCUT2D eigenvalue weighted by Gasteiger charge is -2.34. The SMILES string of the molecule is N[C@@H](Cc1c[nH]c2ccccc12)C(O)(P(=O)(O)O)P(=O)(O)O. The molecule has 11 heteroatoms. The fourth-order valence-electron chi connectivity index (χ4n) is 2.28. The molecule has 9 nitrogen and oxygen atoms in total. The predicted molar refractivity (Wildman–Crippen MR) is 79.0 cm³/mol. The van der Waals surface area contributed by atoms with Gasteiger partial charge in [0.1, 0.15) is 0 Å². The lowest BCUT2D eigenvalue weighted by Crippen LogP contribution is -2.48. The number of H-pyrrole nitrogens is 1. The minimum atomic E-state index is -5.59. The Morgan fingerprint density at radius 2 is 1.68 bits per heavy atom. The zero-order chi connectivity index (χ0) is 16.8. The molecule has 0 radical (unpaired) electrons. The summed E-state index contributed by atoms with van der Waals surface area (Å²) >= 11 is 0. The highest BCUT2D eigenvalue weighted by atomic mass is 31.2. The van der Waals surface area contributed by atoms with Crippen LogP contribution in [0.2, 0.25) is 0 Å². The molecule has 0 amide bonds. The molecule has 0 aliphatic heterocycles. The van der Waals surface area contributed by atoms with Gasteiger partial charge >= 0.3 is 15.2 Å². The highest BCUT2D eigenvalue weighted by Gasteiger charge is 2.63. The van der Waals surface area contributed by atoms with Gasteiger partial charge in [-0.05, 0) is 18.1 Å². The van der Waals surface area contributed by atoms with Gasteiger partial charge in [-0.25, -0.2) is 0 Å². The summed E-state index contributed by atoms with van der Waals surface area (Å²) in [6.45, 7) is 0. The van der Waals surface area contributed by atoms with Crippen molar-refractivity contribution in [2.24, 2.45) is 5.73 Å². The summed E-state index contributed by atoms with van der Waals surface area (Å²) in [5, 5.41) is 7.00. The zero-order valence-corrected chi connectivity index (χ0v) is 13.0. The number of fused-ring (bicyclic) bond motifs is 1. The quantitative estimate of drug-likeness (QED) is 0.369. The van der Waals surface area contributed by atoms with Gasteiger partial charge in [-0.15, -0.1) is 0 Å². The van der Waals surface area contributed by atoms with E-state index in [4.69, 9.17) is 25.3 Å². The first kappa shape index (κ1) is 17.3. The Kier molecular flexibility index (Phi) is 4.38. The summed E-state index contributed by atoms with van der Waals surface area (Å²) in [5.74, 6) is 0. The number of aromatic amines is 1. The summed E-state index contributed by atoms with van der Waals surface area (Å²) in [6.07, 6.45) is 1.17. The third-order valence-electron chi connectivity index (χ3n) is 3.47. The summed E-state index contributed by atoms with van der Waals surface area (Å²) < 4.78 is 22.8. The van der Waals surface area contributed by atoms with Gasteiger partial charge in [0, 0.05) is 17.1 Å². The van der Waals surface area contributed by atoms with Crippen molar-refractivity contribution in [3.8, 4) is 0 Å². The number of benzene rings is 1. The Hall–Kier alpha value is -1.02. The smallest absolute Gasteiger partial charge is 0.366 e. The van der Waals surface area contributed by atoms with Crippen LogP contribution in [0.25, 0.3) is 10.9 Å². The number of nitrogens with one attached hydrogen (secondary N) is 1. The summed E-state index contributed by atoms with van der Waals surface area (Å²) in [6, 6.07) is 5.09. The predicted octanol–water partition coefficient (Wildman–Crippen LogP) is 0.0392. The Morgan fingerprint density at radius 3 is 2.23 bits per heavy atom. The van der Waals surface area contributed by atoms with Crippen molar-refractivity contribution in [2.45, 2.75) is 17.5 Å². The van der Waals surface area contributed by atoms with Crippen LogP contribution in [-0.2, 0) is 15.6 Å². The van der Waals surface area contributed by atoms with E-state index < -0.39 is 26.3 Å². The molecule has 0 unspecified atom stereocenters. The minimum absolute atomic E-state index is 0.337. The van der Waals surface area contributed by atoms with Gasteiger partial charge in [0.05, 0.1) is 6.04 Å². The van der Waals surface area contributed by atoms with E-state index in [1.54, 1.807) is 24.3 Å². The van der Waals surface area contributed by atoms with E-state index >= 15 is 0 Å². The topological polar surface area (TPSA) is 177 Å².